The van der Waals surface area contributed by atoms with E-state index in [9.17, 15) is 0 Å². The van der Waals surface area contributed by atoms with Gasteiger partial charge in [-0.1, -0.05) is 13.0 Å². The lowest BCUT2D eigenvalue weighted by Gasteiger charge is -2.16. The summed E-state index contributed by atoms with van der Waals surface area (Å²) in [6.07, 6.45) is 2.24. The van der Waals surface area contributed by atoms with Gasteiger partial charge in [-0.15, -0.1) is 0 Å². The number of anilines is 1. The van der Waals surface area contributed by atoms with Crippen LogP contribution in [0, 0.1) is 0 Å². The van der Waals surface area contributed by atoms with Gasteiger partial charge in [0.1, 0.15) is 5.75 Å². The second-order valence-corrected chi connectivity index (χ2v) is 4.22. The molecule has 1 aliphatic heterocycles. The van der Waals surface area contributed by atoms with Gasteiger partial charge in [-0.3, -0.25) is 0 Å². The Hall–Kier alpha value is -1.22. The number of aryl methyl sites for hydroxylation is 1. The zero-order valence-corrected chi connectivity index (χ0v) is 10.0. The van der Waals surface area contributed by atoms with Crippen LogP contribution in [0.25, 0.3) is 0 Å². The first-order chi connectivity index (χ1) is 7.83. The minimum Gasteiger partial charge on any atom is -0.495 e. The van der Waals surface area contributed by atoms with Gasteiger partial charge in [0, 0.05) is 12.6 Å². The minimum atomic E-state index is 0.529. The van der Waals surface area contributed by atoms with E-state index in [-0.39, 0.29) is 0 Å². The fraction of sp³-hybridized carbons (Fsp3) is 0.538. The molecule has 0 aromatic heterocycles. The molecule has 16 heavy (non-hydrogen) atoms. The van der Waals surface area contributed by atoms with Crippen LogP contribution in [0.3, 0.4) is 0 Å². The Kier molecular flexibility index (Phi) is 3.67. The molecule has 1 aliphatic rings. The second-order valence-electron chi connectivity index (χ2n) is 4.22. The fourth-order valence-electron chi connectivity index (χ4n) is 2.09. The molecule has 3 nitrogen and oxygen atoms in total. The van der Waals surface area contributed by atoms with Gasteiger partial charge in [-0.05, 0) is 37.1 Å². The third-order valence-corrected chi connectivity index (χ3v) is 3.09. The summed E-state index contributed by atoms with van der Waals surface area (Å²) in [7, 11) is 1.72. The van der Waals surface area contributed by atoms with Gasteiger partial charge in [0.05, 0.1) is 12.8 Å². The lowest BCUT2D eigenvalue weighted by atomic mass is 10.1. The van der Waals surface area contributed by atoms with Crippen LogP contribution in [-0.4, -0.2) is 26.2 Å². The van der Waals surface area contributed by atoms with Gasteiger partial charge in [-0.2, -0.15) is 0 Å². The Bertz CT molecular complexity index is 346. The highest BCUT2D eigenvalue weighted by Crippen LogP contribution is 2.27. The summed E-state index contributed by atoms with van der Waals surface area (Å²) in [5.74, 6) is 0.934. The summed E-state index contributed by atoms with van der Waals surface area (Å²) in [4.78, 5) is 0. The molecule has 1 unspecified atom stereocenters. The average molecular weight is 220 g/mol. The largest absolute Gasteiger partial charge is 0.495 e. The molecule has 1 atom stereocenters. The van der Waals surface area contributed by atoms with Crippen LogP contribution in [-0.2, 0) is 6.42 Å². The molecule has 0 radical (unpaired) electrons. The number of rotatable bonds is 4. The van der Waals surface area contributed by atoms with Gasteiger partial charge < -0.3 is 15.4 Å². The molecule has 3 heteroatoms. The highest BCUT2D eigenvalue weighted by atomic mass is 16.5. The molecule has 88 valence electrons. The van der Waals surface area contributed by atoms with Crippen molar-refractivity contribution in [3.8, 4) is 5.75 Å². The van der Waals surface area contributed by atoms with Crippen molar-refractivity contribution in [2.45, 2.75) is 25.8 Å². The first kappa shape index (κ1) is 11.3. The van der Waals surface area contributed by atoms with Gasteiger partial charge in [0.2, 0.25) is 0 Å². The highest BCUT2D eigenvalue weighted by molar-refractivity contribution is 5.58. The molecule has 0 saturated carbocycles. The molecule has 1 aromatic carbocycles. The van der Waals surface area contributed by atoms with E-state index in [4.69, 9.17) is 4.74 Å². The summed E-state index contributed by atoms with van der Waals surface area (Å²) in [6.45, 7) is 4.32. The minimum absolute atomic E-state index is 0.529. The molecule has 0 aliphatic carbocycles. The van der Waals surface area contributed by atoms with E-state index >= 15 is 0 Å². The predicted molar refractivity (Wildman–Crippen MR) is 67.3 cm³/mol. The summed E-state index contributed by atoms with van der Waals surface area (Å²) < 4.78 is 5.37. The number of ether oxygens (including phenoxy) is 1. The van der Waals surface area contributed by atoms with E-state index in [0.29, 0.717) is 6.04 Å². The van der Waals surface area contributed by atoms with Crippen LogP contribution in [0.4, 0.5) is 5.69 Å². The van der Waals surface area contributed by atoms with E-state index in [0.717, 1.165) is 30.9 Å². The molecule has 0 amide bonds. The van der Waals surface area contributed by atoms with Gasteiger partial charge in [0.15, 0.2) is 0 Å². The van der Waals surface area contributed by atoms with E-state index in [2.05, 4.69) is 29.7 Å². The third-order valence-electron chi connectivity index (χ3n) is 3.09. The van der Waals surface area contributed by atoms with Crippen molar-refractivity contribution in [1.82, 2.24) is 5.32 Å². The molecular weight excluding hydrogens is 200 g/mol. The zero-order chi connectivity index (χ0) is 11.4. The van der Waals surface area contributed by atoms with Gasteiger partial charge in [-0.25, -0.2) is 0 Å². The molecule has 0 spiro atoms. The normalized spacial score (nSPS) is 19.8. The maximum absolute atomic E-state index is 5.37. The van der Waals surface area contributed by atoms with Crippen LogP contribution < -0.4 is 15.4 Å². The molecule has 2 N–H and O–H groups in total. The molecule has 1 aromatic rings. The Morgan fingerprint density at radius 2 is 2.38 bits per heavy atom. The van der Waals surface area contributed by atoms with Crippen LogP contribution in [0.2, 0.25) is 0 Å². The molecule has 1 heterocycles. The Morgan fingerprint density at radius 1 is 1.50 bits per heavy atom. The summed E-state index contributed by atoms with van der Waals surface area (Å²) in [5.41, 5.74) is 2.46. The maximum atomic E-state index is 5.37. The van der Waals surface area contributed by atoms with Crippen molar-refractivity contribution in [2.75, 3.05) is 25.5 Å². The molecule has 1 fully saturated rings. The van der Waals surface area contributed by atoms with Gasteiger partial charge in [0.25, 0.3) is 0 Å². The third kappa shape index (κ3) is 2.47. The standard InChI is InChI=1S/C13H20N2O/c1-3-10-4-5-13(16-2)12(8-10)15-11-6-7-14-9-11/h4-5,8,11,14-15H,3,6-7,9H2,1-2H3. The molecule has 2 rings (SSSR count). The quantitative estimate of drug-likeness (QED) is 0.814. The fourth-order valence-corrected chi connectivity index (χ4v) is 2.09. The lowest BCUT2D eigenvalue weighted by Crippen LogP contribution is -2.22. The van der Waals surface area contributed by atoms with Crippen molar-refractivity contribution in [3.05, 3.63) is 23.8 Å². The molecule has 1 saturated heterocycles. The zero-order valence-electron chi connectivity index (χ0n) is 10.0. The topological polar surface area (TPSA) is 33.3 Å². The van der Waals surface area contributed by atoms with Crippen molar-refractivity contribution in [3.63, 3.8) is 0 Å². The van der Waals surface area contributed by atoms with Crippen LogP contribution in [0.15, 0.2) is 18.2 Å². The van der Waals surface area contributed by atoms with Crippen LogP contribution in [0.1, 0.15) is 18.9 Å². The molecular formula is C13H20N2O. The summed E-state index contributed by atoms with van der Waals surface area (Å²) >= 11 is 0. The Morgan fingerprint density at radius 3 is 3.00 bits per heavy atom. The van der Waals surface area contributed by atoms with Crippen LogP contribution >= 0.6 is 0 Å². The lowest BCUT2D eigenvalue weighted by molar-refractivity contribution is 0.416. The summed E-state index contributed by atoms with van der Waals surface area (Å²) in [6, 6.07) is 6.89. The smallest absolute Gasteiger partial charge is 0.141 e. The average Bonchev–Trinajstić information content (AvgIpc) is 2.82. The van der Waals surface area contributed by atoms with E-state index in [1.165, 1.54) is 12.0 Å². The van der Waals surface area contributed by atoms with Crippen LogP contribution in [0.5, 0.6) is 5.75 Å². The van der Waals surface area contributed by atoms with Gasteiger partial charge >= 0.3 is 0 Å². The maximum Gasteiger partial charge on any atom is 0.141 e. The number of hydrogen-bond donors (Lipinski definition) is 2. The highest BCUT2D eigenvalue weighted by Gasteiger charge is 2.15. The first-order valence-electron chi connectivity index (χ1n) is 5.97. The number of benzene rings is 1. The monoisotopic (exact) mass is 220 g/mol. The Balaban J connectivity index is 2.15. The van der Waals surface area contributed by atoms with E-state index in [1.54, 1.807) is 7.11 Å². The number of nitrogens with one attached hydrogen (secondary N) is 2. The Labute approximate surface area is 97.2 Å². The predicted octanol–water partition coefficient (Wildman–Crippen LogP) is 2.03. The number of hydrogen-bond acceptors (Lipinski definition) is 3. The second kappa shape index (κ2) is 5.21. The SMILES string of the molecule is CCc1ccc(OC)c(NC2CCNC2)c1. The van der Waals surface area contributed by atoms with E-state index < -0.39 is 0 Å². The summed E-state index contributed by atoms with van der Waals surface area (Å²) in [5, 5.41) is 6.90. The first-order valence-corrected chi connectivity index (χ1v) is 5.97. The van der Waals surface area contributed by atoms with Crippen molar-refractivity contribution < 1.29 is 4.74 Å². The molecule has 0 bridgehead atoms. The van der Waals surface area contributed by atoms with E-state index in [1.807, 2.05) is 6.07 Å². The van der Waals surface area contributed by atoms with Crippen molar-refractivity contribution in [2.24, 2.45) is 0 Å². The van der Waals surface area contributed by atoms with Crippen molar-refractivity contribution >= 4 is 5.69 Å². The van der Waals surface area contributed by atoms with Crippen molar-refractivity contribution in [1.29, 1.82) is 0 Å². The number of methoxy groups -OCH3 is 1.